The number of aliphatic hydroxyl groups excluding tert-OH is 3. The van der Waals surface area contributed by atoms with E-state index in [1.807, 2.05) is 0 Å². The van der Waals surface area contributed by atoms with Crippen LogP contribution in [0.25, 0.3) is 0 Å². The maximum Gasteiger partial charge on any atom is 0.335 e. The van der Waals surface area contributed by atoms with Gasteiger partial charge in [0.05, 0.1) is 5.60 Å². The molecule has 0 spiro atoms. The van der Waals surface area contributed by atoms with Crippen molar-refractivity contribution in [3.8, 4) is 5.75 Å². The Hall–Kier alpha value is -1.75. The van der Waals surface area contributed by atoms with Crippen LogP contribution >= 0.6 is 0 Å². The van der Waals surface area contributed by atoms with Crippen LogP contribution in [-0.4, -0.2) is 87.6 Å². The summed E-state index contributed by atoms with van der Waals surface area (Å²) in [4.78, 5) is 11.8. The summed E-state index contributed by atoms with van der Waals surface area (Å²) in [6, 6.07) is 5.91. The topological polar surface area (TPSA) is 140 Å². The fraction of sp³-hybridized carbons (Fsp3) is 0.667. The maximum atomic E-state index is 11.7. The Balaban J connectivity index is 1.87. The molecular formula is C21H31NO8. The van der Waals surface area contributed by atoms with Gasteiger partial charge in [-0.25, -0.2) is 4.79 Å². The Morgan fingerprint density at radius 2 is 2.03 bits per heavy atom. The fourth-order valence-electron chi connectivity index (χ4n) is 4.19. The summed E-state index contributed by atoms with van der Waals surface area (Å²) in [5.74, 6) is -2.28. The van der Waals surface area contributed by atoms with Gasteiger partial charge in [0.25, 0.3) is 0 Å². The first-order valence-electron chi connectivity index (χ1n) is 12.8. The average molecular weight is 432 g/mol. The van der Waals surface area contributed by atoms with E-state index in [-0.39, 0.29) is 12.2 Å². The molecule has 1 aromatic carbocycles. The number of hydrogen-bond donors (Lipinski definition) is 5. The Bertz CT molecular complexity index is 916. The molecule has 1 aliphatic heterocycles. The number of rotatable bonds is 6. The van der Waals surface area contributed by atoms with Gasteiger partial charge in [-0.1, -0.05) is 25.0 Å². The molecule has 1 heterocycles. The predicted molar refractivity (Wildman–Crippen MR) is 106 cm³/mol. The van der Waals surface area contributed by atoms with Gasteiger partial charge in [0.2, 0.25) is 6.29 Å². The third-order valence-corrected chi connectivity index (χ3v) is 5.84. The summed E-state index contributed by atoms with van der Waals surface area (Å²) < 4.78 is 56.6. The molecule has 1 aliphatic carbocycles. The van der Waals surface area contributed by atoms with Gasteiger partial charge in [-0.15, -0.1) is 0 Å². The van der Waals surface area contributed by atoms with Crippen molar-refractivity contribution < 1.29 is 48.0 Å². The lowest BCUT2D eigenvalue weighted by Gasteiger charge is -2.42. The number of benzene rings is 1. The Labute approximate surface area is 183 Å². The summed E-state index contributed by atoms with van der Waals surface area (Å²) in [5, 5.41) is 50.9. The number of hydrogen-bond acceptors (Lipinski definition) is 8. The van der Waals surface area contributed by atoms with E-state index in [4.69, 9.17) is 17.7 Å². The third-order valence-electron chi connectivity index (χ3n) is 5.84. The third kappa shape index (κ3) is 4.61. The van der Waals surface area contributed by atoms with Crippen LogP contribution in [0.15, 0.2) is 24.3 Å². The van der Waals surface area contributed by atoms with Gasteiger partial charge < -0.3 is 39.9 Å². The zero-order valence-electron chi connectivity index (χ0n) is 22.2. The first-order valence-corrected chi connectivity index (χ1v) is 9.75. The van der Waals surface area contributed by atoms with Crippen LogP contribution in [0.2, 0.25) is 0 Å². The SMILES string of the molecule is [2H]C([2H])([2H])N(C[C@H]1CCCC[C@]1(O)c1cccc(OC2O[C@H](C(=O)O)[C@@H](O)[C@H](O)[C@H]2O)c1)C([2H])([2H])[2H]. The van der Waals surface area contributed by atoms with E-state index < -0.39 is 68.7 Å². The first kappa shape index (κ1) is 16.0. The van der Waals surface area contributed by atoms with Gasteiger partial charge in [0.1, 0.15) is 24.1 Å². The Kier molecular flexibility index (Phi) is 4.88. The van der Waals surface area contributed by atoms with E-state index in [1.165, 1.54) is 18.2 Å². The molecule has 30 heavy (non-hydrogen) atoms. The summed E-state index contributed by atoms with van der Waals surface area (Å²) >= 11 is 0. The summed E-state index contributed by atoms with van der Waals surface area (Å²) in [5.41, 5.74) is -1.29. The van der Waals surface area contributed by atoms with Gasteiger partial charge in [-0.3, -0.25) is 0 Å². The highest BCUT2D eigenvalue weighted by Gasteiger charge is 2.48. The van der Waals surface area contributed by atoms with Gasteiger partial charge in [0.15, 0.2) is 6.10 Å². The van der Waals surface area contributed by atoms with Crippen LogP contribution in [0, 0.1) is 5.92 Å². The minimum atomic E-state index is -2.91. The predicted octanol–water partition coefficient (Wildman–Crippen LogP) is -0.103. The van der Waals surface area contributed by atoms with Crippen molar-refractivity contribution in [2.75, 3.05) is 20.5 Å². The van der Waals surface area contributed by atoms with E-state index >= 15 is 0 Å². The number of carbonyl (C=O) groups is 1. The van der Waals surface area contributed by atoms with E-state index in [2.05, 4.69) is 0 Å². The van der Waals surface area contributed by atoms with Crippen LogP contribution in [0.5, 0.6) is 5.75 Å². The zero-order chi connectivity index (χ0) is 27.1. The second kappa shape index (κ2) is 9.17. The molecule has 7 atom stereocenters. The van der Waals surface area contributed by atoms with E-state index in [9.17, 15) is 30.3 Å². The maximum absolute atomic E-state index is 11.7. The average Bonchev–Trinajstić information content (AvgIpc) is 2.77. The molecule has 3 rings (SSSR count). The number of ether oxygens (including phenoxy) is 2. The molecule has 0 bridgehead atoms. The van der Waals surface area contributed by atoms with Gasteiger partial charge in [-0.05, 0) is 44.5 Å². The normalized spacial score (nSPS) is 41.0. The molecule has 1 aromatic rings. The Morgan fingerprint density at radius 1 is 1.27 bits per heavy atom. The van der Waals surface area contributed by atoms with Crippen molar-refractivity contribution in [3.63, 3.8) is 0 Å². The zero-order valence-corrected chi connectivity index (χ0v) is 16.2. The van der Waals surface area contributed by atoms with Crippen LogP contribution < -0.4 is 4.74 Å². The van der Waals surface area contributed by atoms with Gasteiger partial charge in [0, 0.05) is 20.7 Å². The second-order valence-corrected chi connectivity index (χ2v) is 7.86. The van der Waals surface area contributed by atoms with E-state index in [1.54, 1.807) is 6.07 Å². The first-order chi connectivity index (χ1) is 16.6. The van der Waals surface area contributed by atoms with Crippen LogP contribution in [0.4, 0.5) is 0 Å². The highest BCUT2D eigenvalue weighted by molar-refractivity contribution is 5.73. The molecule has 2 fully saturated rings. The standard InChI is InChI=1S/C21H31NO8/c1-22(2)11-13-6-3-4-9-21(13,28)12-7-5-8-14(10-12)29-20-17(25)15(23)16(24)18(30-20)19(26)27/h5,7-8,10,13,15-18,20,23-25,28H,3-4,6,9,11H2,1-2H3,(H,26,27)/t13-,15+,16+,17-,18+,20?,21+/m1/s1/i1D3,2D3. The monoisotopic (exact) mass is 431 g/mol. The second-order valence-electron chi connectivity index (χ2n) is 7.86. The smallest absolute Gasteiger partial charge is 0.335 e. The minimum absolute atomic E-state index is 0.0329. The number of aliphatic hydroxyl groups is 4. The largest absolute Gasteiger partial charge is 0.479 e. The molecule has 0 aromatic heterocycles. The highest BCUT2D eigenvalue weighted by Crippen LogP contribution is 2.43. The highest BCUT2D eigenvalue weighted by atomic mass is 16.7. The molecule has 1 saturated heterocycles. The number of aliphatic carboxylic acids is 1. The Morgan fingerprint density at radius 3 is 2.73 bits per heavy atom. The lowest BCUT2D eigenvalue weighted by Crippen LogP contribution is -2.61. The van der Waals surface area contributed by atoms with E-state index in [0.717, 1.165) is 0 Å². The van der Waals surface area contributed by atoms with Crippen molar-refractivity contribution in [1.29, 1.82) is 0 Å². The number of carboxylic acids is 1. The van der Waals surface area contributed by atoms with Crippen molar-refractivity contribution in [2.24, 2.45) is 5.92 Å². The lowest BCUT2D eigenvalue weighted by atomic mass is 9.71. The molecule has 0 amide bonds. The molecule has 168 valence electrons. The van der Waals surface area contributed by atoms with Crippen LogP contribution in [0.3, 0.4) is 0 Å². The lowest BCUT2D eigenvalue weighted by molar-refractivity contribution is -0.271. The van der Waals surface area contributed by atoms with Crippen LogP contribution in [0.1, 0.15) is 39.5 Å². The summed E-state index contributed by atoms with van der Waals surface area (Å²) in [6.07, 6.45) is -7.15. The molecule has 1 saturated carbocycles. The van der Waals surface area contributed by atoms with E-state index in [0.29, 0.717) is 29.7 Å². The molecule has 2 aliphatic rings. The van der Waals surface area contributed by atoms with Gasteiger partial charge >= 0.3 is 5.97 Å². The molecule has 9 nitrogen and oxygen atoms in total. The number of nitrogens with zero attached hydrogens (tertiary/aromatic N) is 1. The molecular weight excluding hydrogens is 394 g/mol. The van der Waals surface area contributed by atoms with Gasteiger partial charge in [-0.2, -0.15) is 0 Å². The molecule has 1 unspecified atom stereocenters. The summed E-state index contributed by atoms with van der Waals surface area (Å²) in [7, 11) is 0. The fourth-order valence-corrected chi connectivity index (χ4v) is 4.19. The van der Waals surface area contributed by atoms with Crippen LogP contribution in [-0.2, 0) is 15.1 Å². The number of carboxylic acid groups (broad SMARTS) is 1. The summed E-state index contributed by atoms with van der Waals surface area (Å²) in [6.45, 7) is -6.23. The van der Waals surface area contributed by atoms with Crippen molar-refractivity contribution in [3.05, 3.63) is 29.8 Å². The van der Waals surface area contributed by atoms with Crippen molar-refractivity contribution in [1.82, 2.24) is 4.90 Å². The quantitative estimate of drug-likeness (QED) is 0.417. The molecule has 5 N–H and O–H groups in total. The minimum Gasteiger partial charge on any atom is -0.479 e. The van der Waals surface area contributed by atoms with Crippen molar-refractivity contribution in [2.45, 2.75) is 62.0 Å². The molecule has 0 radical (unpaired) electrons. The molecule has 9 heteroatoms. The van der Waals surface area contributed by atoms with Crippen molar-refractivity contribution >= 4 is 5.97 Å².